The number of benzene rings is 1. The van der Waals surface area contributed by atoms with Gasteiger partial charge in [0.2, 0.25) is 0 Å². The van der Waals surface area contributed by atoms with Crippen molar-refractivity contribution in [3.05, 3.63) is 23.8 Å². The fourth-order valence-corrected chi connectivity index (χ4v) is 2.79. The van der Waals surface area contributed by atoms with Crippen LogP contribution in [0.25, 0.3) is 0 Å². The summed E-state index contributed by atoms with van der Waals surface area (Å²) in [6, 6.07) is 2.95. The summed E-state index contributed by atoms with van der Waals surface area (Å²) in [6.45, 7) is -0.892. The molecule has 0 aliphatic carbocycles. The molecule has 1 aromatic carbocycles. The number of nitrogens with two attached hydrogens (primary N) is 1. The second-order valence-electron chi connectivity index (χ2n) is 3.62. The molecule has 0 aliphatic heterocycles. The Morgan fingerprint density at radius 1 is 1.26 bits per heavy atom. The Bertz CT molecular complexity index is 540. The van der Waals surface area contributed by atoms with E-state index in [0.717, 1.165) is 18.2 Å². The first-order chi connectivity index (χ1) is 8.07. The van der Waals surface area contributed by atoms with Crippen LogP contribution >= 0.6 is 15.2 Å². The van der Waals surface area contributed by atoms with Crippen molar-refractivity contribution >= 4 is 26.2 Å². The van der Waals surface area contributed by atoms with Gasteiger partial charge >= 0.3 is 37.2 Å². The third-order valence-corrected chi connectivity index (χ3v) is 4.51. The number of rotatable bonds is 4. The predicted molar refractivity (Wildman–Crippen MR) is 62.2 cm³/mol. The van der Waals surface area contributed by atoms with Gasteiger partial charge in [0.25, 0.3) is 0 Å². The maximum absolute atomic E-state index is 11.0. The smallest absolute Gasteiger partial charge is 0.778 e. The van der Waals surface area contributed by atoms with Gasteiger partial charge < -0.3 is 35.0 Å². The van der Waals surface area contributed by atoms with Crippen molar-refractivity contribution in [2.45, 2.75) is 5.66 Å². The number of anilines is 1. The fraction of sp³-hybridized carbons (Fsp3) is 0.250. The SMILES string of the molecule is Nc1cc(P(=O)(O)O)ccc1C(CO)P(=O)([O-])O.[Na+]. The van der Waals surface area contributed by atoms with E-state index in [1.165, 1.54) is 0 Å². The molecule has 6 N–H and O–H groups in total. The molecule has 102 valence electrons. The van der Waals surface area contributed by atoms with Crippen LogP contribution in [0.5, 0.6) is 0 Å². The second kappa shape index (κ2) is 6.83. The number of hydrogen-bond acceptors (Lipinski definition) is 5. The molecule has 0 radical (unpaired) electrons. The molecule has 11 heteroatoms. The fourth-order valence-electron chi connectivity index (χ4n) is 1.42. The van der Waals surface area contributed by atoms with Crippen molar-refractivity contribution in [1.29, 1.82) is 0 Å². The van der Waals surface area contributed by atoms with Crippen LogP contribution in [0.3, 0.4) is 0 Å². The zero-order valence-electron chi connectivity index (χ0n) is 10.0. The largest absolute Gasteiger partial charge is 1.00 e. The van der Waals surface area contributed by atoms with Crippen molar-refractivity contribution in [2.24, 2.45) is 0 Å². The Kier molecular flexibility index (Phi) is 6.93. The van der Waals surface area contributed by atoms with E-state index in [4.69, 9.17) is 25.5 Å². The van der Waals surface area contributed by atoms with E-state index < -0.39 is 27.5 Å². The summed E-state index contributed by atoms with van der Waals surface area (Å²) in [7, 11) is -9.35. The van der Waals surface area contributed by atoms with Gasteiger partial charge in [-0.3, -0.25) is 4.57 Å². The molecule has 0 fully saturated rings. The van der Waals surface area contributed by atoms with Gasteiger partial charge in [0.15, 0.2) is 0 Å². The minimum Gasteiger partial charge on any atom is -0.778 e. The van der Waals surface area contributed by atoms with E-state index in [-0.39, 0.29) is 46.1 Å². The Hall–Kier alpha value is 0.280. The summed E-state index contributed by atoms with van der Waals surface area (Å²) in [5, 5.41) is 8.55. The van der Waals surface area contributed by atoms with Crippen molar-refractivity contribution in [3.63, 3.8) is 0 Å². The van der Waals surface area contributed by atoms with Gasteiger partial charge in [0, 0.05) is 5.69 Å². The molecule has 0 aromatic heterocycles. The summed E-state index contributed by atoms with van der Waals surface area (Å²) in [5.41, 5.74) is 3.49. The first-order valence-corrected chi connectivity index (χ1v) is 7.93. The summed E-state index contributed by atoms with van der Waals surface area (Å²) in [4.78, 5) is 37.7. The van der Waals surface area contributed by atoms with E-state index in [1.54, 1.807) is 0 Å². The molecule has 0 bridgehead atoms. The van der Waals surface area contributed by atoms with Crippen LogP contribution < -0.4 is 45.5 Å². The Morgan fingerprint density at radius 3 is 2.11 bits per heavy atom. The second-order valence-corrected chi connectivity index (χ2v) is 6.98. The zero-order valence-corrected chi connectivity index (χ0v) is 13.8. The van der Waals surface area contributed by atoms with Crippen LogP contribution in [0, 0.1) is 0 Å². The first-order valence-electron chi connectivity index (χ1n) is 4.67. The third-order valence-electron chi connectivity index (χ3n) is 2.33. The normalized spacial score (nSPS) is 16.3. The Morgan fingerprint density at radius 2 is 1.79 bits per heavy atom. The summed E-state index contributed by atoms with van der Waals surface area (Å²) in [6.07, 6.45) is 0. The van der Waals surface area contributed by atoms with Crippen LogP contribution in [-0.4, -0.2) is 26.4 Å². The van der Waals surface area contributed by atoms with Crippen LogP contribution in [0.2, 0.25) is 0 Å². The topological polar surface area (TPSA) is 164 Å². The third kappa shape index (κ3) is 4.95. The molecule has 0 heterocycles. The molecule has 0 saturated carbocycles. The molecular formula is C8H12NNaO7P2. The van der Waals surface area contributed by atoms with Gasteiger partial charge in [-0.1, -0.05) is 6.07 Å². The van der Waals surface area contributed by atoms with Gasteiger partial charge in [-0.05, 0) is 17.7 Å². The minimum atomic E-state index is -4.85. The molecule has 0 amide bonds. The van der Waals surface area contributed by atoms with Gasteiger partial charge in [0.05, 0.1) is 17.6 Å². The Labute approximate surface area is 131 Å². The standard InChI is InChI=1S/C8H13NO7P2.Na/c9-7-3-5(17(11,12)13)1-2-6(7)8(4-10)18(14,15)16;/h1-3,8,10H,4,9H2,(H2,11,12,13)(H2,14,15,16);/q;+1/p-1. The summed E-state index contributed by atoms with van der Waals surface area (Å²) < 4.78 is 22.0. The van der Waals surface area contributed by atoms with E-state index in [9.17, 15) is 14.0 Å². The van der Waals surface area contributed by atoms with E-state index in [1.807, 2.05) is 0 Å². The zero-order chi connectivity index (χ0) is 14.1. The van der Waals surface area contributed by atoms with Gasteiger partial charge in [-0.15, -0.1) is 0 Å². The molecule has 2 unspecified atom stereocenters. The Balaban J connectivity index is 0.00000324. The monoisotopic (exact) mass is 319 g/mol. The summed E-state index contributed by atoms with van der Waals surface area (Å²) >= 11 is 0. The number of aliphatic hydroxyl groups excluding tert-OH is 1. The van der Waals surface area contributed by atoms with Crippen LogP contribution in [-0.2, 0) is 9.13 Å². The maximum Gasteiger partial charge on any atom is 1.00 e. The summed E-state index contributed by atoms with van der Waals surface area (Å²) in [5.74, 6) is 0. The molecule has 0 saturated heterocycles. The van der Waals surface area contributed by atoms with Crippen LogP contribution in [0.4, 0.5) is 5.69 Å². The van der Waals surface area contributed by atoms with Crippen molar-refractivity contribution < 1.29 is 63.4 Å². The average Bonchev–Trinajstić information content (AvgIpc) is 2.17. The maximum atomic E-state index is 11.0. The molecule has 8 nitrogen and oxygen atoms in total. The molecule has 1 aromatic rings. The number of nitrogen functional groups attached to an aromatic ring is 1. The average molecular weight is 319 g/mol. The van der Waals surface area contributed by atoms with Crippen LogP contribution in [0.15, 0.2) is 18.2 Å². The van der Waals surface area contributed by atoms with E-state index in [2.05, 4.69) is 0 Å². The minimum absolute atomic E-state index is 0. The first kappa shape index (κ1) is 19.3. The van der Waals surface area contributed by atoms with Crippen LogP contribution in [0.1, 0.15) is 11.2 Å². The number of aliphatic hydroxyl groups is 1. The number of hydrogen-bond donors (Lipinski definition) is 5. The molecule has 19 heavy (non-hydrogen) atoms. The van der Waals surface area contributed by atoms with Crippen molar-refractivity contribution in [1.82, 2.24) is 0 Å². The van der Waals surface area contributed by atoms with Gasteiger partial charge in [-0.2, -0.15) is 0 Å². The molecule has 0 spiro atoms. The molecule has 2 atom stereocenters. The van der Waals surface area contributed by atoms with Crippen molar-refractivity contribution in [2.75, 3.05) is 12.3 Å². The van der Waals surface area contributed by atoms with E-state index >= 15 is 0 Å². The quantitative estimate of drug-likeness (QED) is 0.211. The molecule has 1 rings (SSSR count). The predicted octanol–water partition coefficient (Wildman–Crippen LogP) is -4.35. The van der Waals surface area contributed by atoms with Crippen molar-refractivity contribution in [3.8, 4) is 0 Å². The van der Waals surface area contributed by atoms with E-state index in [0.29, 0.717) is 0 Å². The van der Waals surface area contributed by atoms with Gasteiger partial charge in [-0.25, -0.2) is 0 Å². The molecule has 0 aliphatic rings. The van der Waals surface area contributed by atoms with Gasteiger partial charge in [0.1, 0.15) is 7.60 Å². The molecular weight excluding hydrogens is 307 g/mol.